The summed E-state index contributed by atoms with van der Waals surface area (Å²) in [5, 5.41) is 54.6. The molecular weight excluding hydrogens is 899 g/mol. The number of unbranched alkanes of at least 4 members (excludes halogenated alkanes) is 43. The van der Waals surface area contributed by atoms with Crippen LogP contribution in [0.15, 0.2) is 24.3 Å². The number of carbonyl (C=O) groups excluding carboxylic acids is 1. The van der Waals surface area contributed by atoms with Gasteiger partial charge in [0.25, 0.3) is 0 Å². The number of hydrogen-bond donors (Lipinski definition) is 6. The third kappa shape index (κ3) is 41.9. The van der Waals surface area contributed by atoms with Crippen LogP contribution in [0.5, 0.6) is 0 Å². The molecule has 0 saturated carbocycles. The highest BCUT2D eigenvalue weighted by Gasteiger charge is 2.44. The first-order valence-corrected chi connectivity index (χ1v) is 31.6. The average Bonchev–Trinajstić information content (AvgIpc) is 3.38. The molecule has 426 valence electrons. The van der Waals surface area contributed by atoms with E-state index in [1.807, 2.05) is 6.08 Å². The van der Waals surface area contributed by atoms with Crippen molar-refractivity contribution >= 4 is 5.91 Å². The zero-order valence-corrected chi connectivity index (χ0v) is 47.5. The number of carbonyl (C=O) groups is 1. The Kier molecular flexibility index (Phi) is 50.6. The molecule has 0 spiro atoms. The number of rotatable bonds is 55. The van der Waals surface area contributed by atoms with Gasteiger partial charge in [0.2, 0.25) is 5.91 Å². The van der Waals surface area contributed by atoms with Gasteiger partial charge >= 0.3 is 0 Å². The molecule has 7 unspecified atom stereocenters. The zero-order valence-electron chi connectivity index (χ0n) is 47.5. The van der Waals surface area contributed by atoms with Gasteiger partial charge in [-0.2, -0.15) is 0 Å². The van der Waals surface area contributed by atoms with Crippen LogP contribution < -0.4 is 5.32 Å². The second kappa shape index (κ2) is 53.1. The van der Waals surface area contributed by atoms with E-state index in [-0.39, 0.29) is 12.5 Å². The van der Waals surface area contributed by atoms with E-state index in [0.717, 1.165) is 38.5 Å². The van der Waals surface area contributed by atoms with Gasteiger partial charge < -0.3 is 40.3 Å². The van der Waals surface area contributed by atoms with E-state index < -0.39 is 49.5 Å². The summed E-state index contributed by atoms with van der Waals surface area (Å²) in [7, 11) is 0. The lowest BCUT2D eigenvalue weighted by molar-refractivity contribution is -0.302. The molecular formula is C63H121NO8. The van der Waals surface area contributed by atoms with Crippen molar-refractivity contribution in [2.24, 2.45) is 0 Å². The Bertz CT molecular complexity index is 1180. The monoisotopic (exact) mass is 1020 g/mol. The molecule has 0 radical (unpaired) electrons. The van der Waals surface area contributed by atoms with E-state index in [1.165, 1.54) is 257 Å². The second-order valence-electron chi connectivity index (χ2n) is 22.2. The van der Waals surface area contributed by atoms with E-state index in [0.29, 0.717) is 6.42 Å². The zero-order chi connectivity index (χ0) is 52.2. The fourth-order valence-corrected chi connectivity index (χ4v) is 10.3. The van der Waals surface area contributed by atoms with Crippen molar-refractivity contribution in [2.45, 2.75) is 358 Å². The van der Waals surface area contributed by atoms with Crippen molar-refractivity contribution in [3.05, 3.63) is 24.3 Å². The van der Waals surface area contributed by atoms with Gasteiger partial charge in [-0.1, -0.05) is 289 Å². The summed E-state index contributed by atoms with van der Waals surface area (Å²) in [6.07, 6.45) is 61.2. The van der Waals surface area contributed by atoms with Gasteiger partial charge in [-0.05, 0) is 44.9 Å². The molecule has 1 fully saturated rings. The van der Waals surface area contributed by atoms with Gasteiger partial charge in [-0.3, -0.25) is 4.79 Å². The molecule has 72 heavy (non-hydrogen) atoms. The summed E-state index contributed by atoms with van der Waals surface area (Å²) in [5.74, 6) is -0.171. The number of nitrogens with one attached hydrogen (secondary N) is 1. The summed E-state index contributed by atoms with van der Waals surface area (Å²) < 4.78 is 11.3. The Morgan fingerprint density at radius 1 is 0.458 bits per heavy atom. The van der Waals surface area contributed by atoms with Crippen LogP contribution in [0.2, 0.25) is 0 Å². The summed E-state index contributed by atoms with van der Waals surface area (Å²) in [6.45, 7) is 3.82. The van der Waals surface area contributed by atoms with Crippen molar-refractivity contribution in [3.63, 3.8) is 0 Å². The Hall–Kier alpha value is -1.33. The van der Waals surface area contributed by atoms with E-state index in [9.17, 15) is 30.3 Å². The van der Waals surface area contributed by atoms with Crippen LogP contribution in [0.4, 0.5) is 0 Å². The third-order valence-electron chi connectivity index (χ3n) is 15.3. The molecule has 1 aliphatic heterocycles. The van der Waals surface area contributed by atoms with E-state index >= 15 is 0 Å². The first kappa shape index (κ1) is 68.7. The maximum Gasteiger partial charge on any atom is 0.220 e. The van der Waals surface area contributed by atoms with Crippen LogP contribution in [0.25, 0.3) is 0 Å². The van der Waals surface area contributed by atoms with Crippen molar-refractivity contribution in [3.8, 4) is 0 Å². The smallest absolute Gasteiger partial charge is 0.220 e. The van der Waals surface area contributed by atoms with Gasteiger partial charge in [-0.25, -0.2) is 0 Å². The highest BCUT2D eigenvalue weighted by Crippen LogP contribution is 2.23. The molecule has 0 aromatic heterocycles. The number of amides is 1. The van der Waals surface area contributed by atoms with E-state index in [4.69, 9.17) is 9.47 Å². The minimum atomic E-state index is -1.56. The van der Waals surface area contributed by atoms with Gasteiger partial charge in [-0.15, -0.1) is 0 Å². The Morgan fingerprint density at radius 3 is 1.12 bits per heavy atom. The lowest BCUT2D eigenvalue weighted by atomic mass is 9.99. The predicted octanol–water partition coefficient (Wildman–Crippen LogP) is 16.1. The molecule has 0 aliphatic carbocycles. The molecule has 9 nitrogen and oxygen atoms in total. The van der Waals surface area contributed by atoms with Crippen molar-refractivity contribution in [1.29, 1.82) is 0 Å². The number of allylic oxidation sites excluding steroid dienone is 3. The predicted molar refractivity (Wildman–Crippen MR) is 304 cm³/mol. The summed E-state index contributed by atoms with van der Waals surface area (Å²) in [6, 6.07) is -0.803. The number of aliphatic hydroxyl groups is 5. The Labute approximate surface area is 445 Å². The Balaban J connectivity index is 2.14. The minimum absolute atomic E-state index is 0.171. The fourth-order valence-electron chi connectivity index (χ4n) is 10.3. The van der Waals surface area contributed by atoms with Crippen LogP contribution in [0.3, 0.4) is 0 Å². The van der Waals surface area contributed by atoms with Crippen LogP contribution in [0, 0.1) is 0 Å². The quantitative estimate of drug-likeness (QED) is 0.0261. The summed E-state index contributed by atoms with van der Waals surface area (Å²) in [4.78, 5) is 13.1. The molecule has 0 aromatic rings. The van der Waals surface area contributed by atoms with Gasteiger partial charge in [0, 0.05) is 6.42 Å². The lowest BCUT2D eigenvalue weighted by Gasteiger charge is -2.40. The second-order valence-corrected chi connectivity index (χ2v) is 22.2. The summed E-state index contributed by atoms with van der Waals surface area (Å²) in [5.41, 5.74) is 0. The maximum absolute atomic E-state index is 13.1. The van der Waals surface area contributed by atoms with Crippen molar-refractivity contribution in [1.82, 2.24) is 5.32 Å². The summed E-state index contributed by atoms with van der Waals surface area (Å²) >= 11 is 0. The highest BCUT2D eigenvalue weighted by molar-refractivity contribution is 5.76. The molecule has 9 heteroatoms. The standard InChI is InChI=1S/C63H121NO8/c1-3-5-7-9-11-13-15-17-19-21-23-24-25-26-27-28-29-30-31-32-33-34-35-37-39-41-43-45-47-49-51-53-59(67)64-56(55-71-63-62(70)61(69)60(68)58(54-65)72-63)57(66)52-50-48-46-44-42-40-38-36-22-20-18-16-14-12-10-8-6-4-2/h26-27,50,52,56-58,60-63,65-66,68-70H,3-25,28-49,51,53-55H2,1-2H3,(H,64,67)/b27-26-,52-50+. The third-order valence-corrected chi connectivity index (χ3v) is 15.3. The number of hydrogen-bond acceptors (Lipinski definition) is 8. The Morgan fingerprint density at radius 2 is 0.778 bits per heavy atom. The largest absolute Gasteiger partial charge is 0.394 e. The molecule has 6 N–H and O–H groups in total. The topological polar surface area (TPSA) is 149 Å². The van der Waals surface area contributed by atoms with Crippen LogP contribution in [-0.4, -0.2) is 87.5 Å². The van der Waals surface area contributed by atoms with Crippen molar-refractivity contribution in [2.75, 3.05) is 13.2 Å². The van der Waals surface area contributed by atoms with Gasteiger partial charge in [0.05, 0.1) is 25.4 Å². The molecule has 0 bridgehead atoms. The minimum Gasteiger partial charge on any atom is -0.394 e. The average molecular weight is 1020 g/mol. The van der Waals surface area contributed by atoms with Gasteiger partial charge in [0.15, 0.2) is 6.29 Å². The first-order valence-electron chi connectivity index (χ1n) is 31.6. The van der Waals surface area contributed by atoms with Crippen LogP contribution in [-0.2, 0) is 14.3 Å². The van der Waals surface area contributed by atoms with Crippen LogP contribution in [0.1, 0.15) is 316 Å². The van der Waals surface area contributed by atoms with Gasteiger partial charge in [0.1, 0.15) is 24.4 Å². The normalized spacial score (nSPS) is 19.2. The first-order chi connectivity index (χ1) is 35.3. The van der Waals surface area contributed by atoms with Crippen molar-refractivity contribution < 1.29 is 39.8 Å². The molecule has 1 heterocycles. The van der Waals surface area contributed by atoms with E-state index in [2.05, 4.69) is 31.3 Å². The SMILES string of the molecule is CCCCCCCCCCCCCC/C=C\CCCCCCCCCCCCCCCCCC(=O)NC(COC1OC(CO)C(O)C(O)C1O)C(O)/C=C/CCCCCCCCCCCCCCCCCC. The van der Waals surface area contributed by atoms with Crippen LogP contribution >= 0.6 is 0 Å². The molecule has 0 aromatic carbocycles. The number of aliphatic hydroxyl groups excluding tert-OH is 5. The molecule has 1 aliphatic rings. The highest BCUT2D eigenvalue weighted by atomic mass is 16.7. The maximum atomic E-state index is 13.1. The molecule has 1 rings (SSSR count). The molecule has 1 saturated heterocycles. The molecule has 7 atom stereocenters. The van der Waals surface area contributed by atoms with E-state index in [1.54, 1.807) is 6.08 Å². The number of ether oxygens (including phenoxy) is 2. The fraction of sp³-hybridized carbons (Fsp3) is 0.921. The lowest BCUT2D eigenvalue weighted by Crippen LogP contribution is -2.60. The molecule has 1 amide bonds.